The lowest BCUT2D eigenvalue weighted by atomic mass is 10.1. The number of aliphatic hydroxyl groups is 1. The minimum atomic E-state index is -1.24. The summed E-state index contributed by atoms with van der Waals surface area (Å²) >= 11 is 0. The smallest absolute Gasteiger partial charge is 0.404 e. The number of aromatic nitrogens is 2. The molecule has 1 unspecified atom stereocenters. The van der Waals surface area contributed by atoms with Crippen LogP contribution in [0.1, 0.15) is 36.7 Å². The number of hydrogen-bond donors (Lipinski definition) is 5. The Balaban J connectivity index is 2.40. The van der Waals surface area contributed by atoms with Crippen LogP contribution >= 0.6 is 0 Å². The van der Waals surface area contributed by atoms with Gasteiger partial charge in [-0.3, -0.25) is 9.63 Å². The van der Waals surface area contributed by atoms with E-state index in [1.165, 1.54) is 13.8 Å². The van der Waals surface area contributed by atoms with Crippen molar-refractivity contribution in [3.05, 3.63) is 35.4 Å². The Morgan fingerprint density at radius 2 is 2.06 bits per heavy atom. The van der Waals surface area contributed by atoms with Crippen molar-refractivity contribution in [2.45, 2.75) is 32.5 Å². The number of carboxylic acid groups (broad SMARTS) is 1. The third-order valence-electron chi connectivity index (χ3n) is 3.82. The molecule has 0 aliphatic carbocycles. The maximum atomic E-state index is 12.7. The van der Waals surface area contributed by atoms with E-state index in [-0.39, 0.29) is 36.2 Å². The van der Waals surface area contributed by atoms with Crippen LogP contribution in [0.3, 0.4) is 0 Å². The number of nitrogens with zero attached hydrogens (tertiary/aromatic N) is 3. The number of nitriles is 1. The summed E-state index contributed by atoms with van der Waals surface area (Å²) in [6.45, 7) is 4.26. The zero-order valence-electron chi connectivity index (χ0n) is 17.7. The SMILES string of the molecule is CC(CNC(=O)O)Oc1nc(-c2cccc(C#N)c2)nc(N)c1C(=O)NOCC(C)(C)O. The number of amides is 2. The van der Waals surface area contributed by atoms with Gasteiger partial charge in [-0.05, 0) is 32.9 Å². The summed E-state index contributed by atoms with van der Waals surface area (Å²) < 4.78 is 5.68. The number of nitrogens with two attached hydrogens (primary N) is 1. The molecule has 0 saturated carbocycles. The van der Waals surface area contributed by atoms with E-state index in [9.17, 15) is 14.7 Å². The lowest BCUT2D eigenvalue weighted by Gasteiger charge is -2.19. The third kappa shape index (κ3) is 7.08. The molecule has 0 spiro atoms. The number of ether oxygens (including phenoxy) is 1. The molecule has 1 aromatic carbocycles. The monoisotopic (exact) mass is 444 g/mol. The van der Waals surface area contributed by atoms with Crippen molar-refractivity contribution in [2.24, 2.45) is 0 Å². The quantitative estimate of drug-likeness (QED) is 0.349. The molecule has 2 amide bonds. The van der Waals surface area contributed by atoms with Gasteiger partial charge in [-0.2, -0.15) is 10.2 Å². The van der Waals surface area contributed by atoms with Crippen LogP contribution < -0.4 is 21.3 Å². The van der Waals surface area contributed by atoms with Crippen LogP contribution in [0.15, 0.2) is 24.3 Å². The molecule has 1 atom stereocenters. The number of nitrogen functional groups attached to an aromatic ring is 1. The lowest BCUT2D eigenvalue weighted by Crippen LogP contribution is -2.35. The first-order chi connectivity index (χ1) is 15.0. The van der Waals surface area contributed by atoms with Crippen molar-refractivity contribution in [3.8, 4) is 23.3 Å². The van der Waals surface area contributed by atoms with Crippen LogP contribution in [0.2, 0.25) is 0 Å². The van der Waals surface area contributed by atoms with E-state index in [1.54, 1.807) is 31.2 Å². The van der Waals surface area contributed by atoms with E-state index in [1.807, 2.05) is 6.07 Å². The van der Waals surface area contributed by atoms with Gasteiger partial charge in [0, 0.05) is 5.56 Å². The molecule has 2 rings (SSSR count). The van der Waals surface area contributed by atoms with E-state index in [4.69, 9.17) is 25.7 Å². The Labute approximate surface area is 184 Å². The number of anilines is 1. The predicted molar refractivity (Wildman–Crippen MR) is 112 cm³/mol. The van der Waals surface area contributed by atoms with Crippen LogP contribution in [0.5, 0.6) is 5.88 Å². The summed E-state index contributed by atoms with van der Waals surface area (Å²) in [6, 6.07) is 8.44. The highest BCUT2D eigenvalue weighted by Gasteiger charge is 2.24. The van der Waals surface area contributed by atoms with Crippen molar-refractivity contribution in [1.82, 2.24) is 20.8 Å². The fraction of sp³-hybridized carbons (Fsp3) is 0.350. The molecule has 6 N–H and O–H groups in total. The molecular formula is C20H24N6O6. The summed E-state index contributed by atoms with van der Waals surface area (Å²) in [5.41, 5.74) is 7.56. The Bertz CT molecular complexity index is 1030. The number of hydroxylamine groups is 1. The highest BCUT2D eigenvalue weighted by Crippen LogP contribution is 2.27. The van der Waals surface area contributed by atoms with Crippen molar-refractivity contribution in [3.63, 3.8) is 0 Å². The molecule has 0 aliphatic heterocycles. The topological polar surface area (TPSA) is 193 Å². The highest BCUT2D eigenvalue weighted by atomic mass is 16.7. The van der Waals surface area contributed by atoms with Gasteiger partial charge in [0.1, 0.15) is 24.1 Å². The summed E-state index contributed by atoms with van der Waals surface area (Å²) in [4.78, 5) is 36.8. The Morgan fingerprint density at radius 3 is 2.69 bits per heavy atom. The molecule has 1 aromatic heterocycles. The van der Waals surface area contributed by atoms with Gasteiger partial charge >= 0.3 is 6.09 Å². The van der Waals surface area contributed by atoms with Crippen LogP contribution in [-0.2, 0) is 4.84 Å². The van der Waals surface area contributed by atoms with Crippen LogP contribution in [0.25, 0.3) is 11.4 Å². The molecule has 12 heteroatoms. The second-order valence-corrected chi connectivity index (χ2v) is 7.45. The number of carbonyl (C=O) groups excluding carboxylic acids is 1. The summed E-state index contributed by atoms with van der Waals surface area (Å²) in [7, 11) is 0. The molecular weight excluding hydrogens is 420 g/mol. The summed E-state index contributed by atoms with van der Waals surface area (Å²) in [5.74, 6) is -1.16. The van der Waals surface area contributed by atoms with Crippen LogP contribution in [0, 0.1) is 11.3 Å². The molecule has 0 aliphatic rings. The van der Waals surface area contributed by atoms with Gasteiger partial charge in [0.05, 0.1) is 23.8 Å². The summed E-state index contributed by atoms with van der Waals surface area (Å²) in [5, 5.41) is 29.8. The first-order valence-corrected chi connectivity index (χ1v) is 9.46. The molecule has 2 aromatic rings. The molecule has 0 fully saturated rings. The van der Waals surface area contributed by atoms with E-state index in [0.29, 0.717) is 11.1 Å². The van der Waals surface area contributed by atoms with Gasteiger partial charge in [-0.15, -0.1) is 0 Å². The van der Waals surface area contributed by atoms with Crippen molar-refractivity contribution in [1.29, 1.82) is 5.26 Å². The Kier molecular flexibility index (Phi) is 7.89. The first kappa shape index (κ1) is 24.3. The maximum Gasteiger partial charge on any atom is 0.404 e. The van der Waals surface area contributed by atoms with E-state index >= 15 is 0 Å². The number of hydrogen-bond acceptors (Lipinski definition) is 9. The fourth-order valence-electron chi connectivity index (χ4n) is 2.40. The third-order valence-corrected chi connectivity index (χ3v) is 3.82. The number of benzene rings is 1. The highest BCUT2D eigenvalue weighted by molar-refractivity contribution is 6.00. The van der Waals surface area contributed by atoms with Gasteiger partial charge in [0.2, 0.25) is 5.88 Å². The summed E-state index contributed by atoms with van der Waals surface area (Å²) in [6.07, 6.45) is -1.96. The predicted octanol–water partition coefficient (Wildman–Crippen LogP) is 1.06. The van der Waals surface area contributed by atoms with E-state index in [2.05, 4.69) is 20.8 Å². The molecule has 0 bridgehead atoms. The van der Waals surface area contributed by atoms with Gasteiger partial charge in [-0.1, -0.05) is 12.1 Å². The lowest BCUT2D eigenvalue weighted by molar-refractivity contribution is -0.0523. The van der Waals surface area contributed by atoms with Gasteiger partial charge in [0.25, 0.3) is 5.91 Å². The van der Waals surface area contributed by atoms with Crippen LogP contribution in [-0.4, -0.2) is 57.0 Å². The van der Waals surface area contributed by atoms with Gasteiger partial charge in [-0.25, -0.2) is 15.3 Å². The number of carbonyl (C=O) groups is 2. The number of rotatable bonds is 9. The maximum absolute atomic E-state index is 12.7. The van der Waals surface area contributed by atoms with Crippen LogP contribution in [0.4, 0.5) is 10.6 Å². The number of nitrogens with one attached hydrogen (secondary N) is 2. The first-order valence-electron chi connectivity index (χ1n) is 9.46. The normalized spacial score (nSPS) is 11.8. The molecule has 12 nitrogen and oxygen atoms in total. The van der Waals surface area contributed by atoms with Gasteiger partial charge < -0.3 is 26.0 Å². The zero-order chi connectivity index (χ0) is 23.9. The van der Waals surface area contributed by atoms with Crippen molar-refractivity contribution >= 4 is 17.8 Å². The largest absolute Gasteiger partial charge is 0.472 e. The zero-order valence-corrected chi connectivity index (χ0v) is 17.7. The minimum Gasteiger partial charge on any atom is -0.472 e. The molecule has 0 saturated heterocycles. The second kappa shape index (κ2) is 10.4. The van der Waals surface area contributed by atoms with Crippen molar-refractivity contribution < 1.29 is 29.4 Å². The second-order valence-electron chi connectivity index (χ2n) is 7.45. The Morgan fingerprint density at radius 1 is 1.34 bits per heavy atom. The average molecular weight is 444 g/mol. The molecule has 170 valence electrons. The minimum absolute atomic E-state index is 0.0885. The fourth-order valence-corrected chi connectivity index (χ4v) is 2.40. The van der Waals surface area contributed by atoms with E-state index < -0.39 is 23.7 Å². The van der Waals surface area contributed by atoms with Crippen molar-refractivity contribution in [2.75, 3.05) is 18.9 Å². The van der Waals surface area contributed by atoms with Gasteiger partial charge in [0.15, 0.2) is 5.82 Å². The molecule has 32 heavy (non-hydrogen) atoms. The van der Waals surface area contributed by atoms with E-state index in [0.717, 1.165) is 0 Å². The Hall–Kier alpha value is -3.95. The standard InChI is InChI=1S/C20H24N6O6/c1-11(9-23-19(28)29)32-18-14(17(27)26-31-10-20(2,3)30)15(22)24-16(25-18)13-6-4-5-12(7-13)8-21/h4-7,11,23,30H,9-10H2,1-3H3,(H,26,27)(H,28,29)(H2,22,24,25). The molecule has 1 heterocycles. The molecule has 0 radical (unpaired) electrons. The average Bonchev–Trinajstić information content (AvgIpc) is 2.71.